The Hall–Kier alpha value is -0.320. The highest BCUT2D eigenvalue weighted by molar-refractivity contribution is 4.68. The molecular weight excluding hydrogens is 138 g/mol. The van der Waals surface area contributed by atoms with Gasteiger partial charge in [-0.15, -0.1) is 0 Å². The molecule has 0 heterocycles. The lowest BCUT2D eigenvalue weighted by molar-refractivity contribution is 0.00410. The van der Waals surface area contributed by atoms with Gasteiger partial charge in [0.1, 0.15) is 6.04 Å². The van der Waals surface area contributed by atoms with E-state index in [1.165, 1.54) is 0 Å². The number of halogens is 4. The summed E-state index contributed by atoms with van der Waals surface area (Å²) in [5.74, 6) is 0. The van der Waals surface area contributed by atoms with E-state index in [-0.39, 0.29) is 0 Å². The Kier molecular flexibility index (Phi) is 3.53. The van der Waals surface area contributed by atoms with Crippen molar-refractivity contribution in [2.45, 2.75) is 18.9 Å². The van der Waals surface area contributed by atoms with Crippen molar-refractivity contribution in [3.63, 3.8) is 0 Å². The first kappa shape index (κ1) is 8.68. The van der Waals surface area contributed by atoms with Crippen molar-refractivity contribution in [1.82, 2.24) is 5.32 Å². The summed E-state index contributed by atoms with van der Waals surface area (Å²) in [6.07, 6.45) is -6.01. The molecule has 0 saturated carbocycles. The fraction of sp³-hybridized carbons (Fsp3) is 1.00. The van der Waals surface area contributed by atoms with Gasteiger partial charge in [-0.3, -0.25) is 0 Å². The standard InChI is InChI=1S/C4H7F4N/c1-9-2(3(5)6)4(7)8/h2-4,9H,1H3. The number of nitrogens with one attached hydrogen (secondary N) is 1. The van der Waals surface area contributed by atoms with Crippen LogP contribution in [0.5, 0.6) is 0 Å². The van der Waals surface area contributed by atoms with Gasteiger partial charge in [-0.1, -0.05) is 0 Å². The first-order chi connectivity index (χ1) is 4.09. The fourth-order valence-electron chi connectivity index (χ4n) is 0.362. The maximum atomic E-state index is 11.4. The summed E-state index contributed by atoms with van der Waals surface area (Å²) in [5, 5.41) is 1.80. The number of alkyl halides is 4. The molecule has 0 spiro atoms. The molecule has 0 aliphatic carbocycles. The number of hydrogen-bond acceptors (Lipinski definition) is 1. The Morgan fingerprint density at radius 2 is 1.33 bits per heavy atom. The highest BCUT2D eigenvalue weighted by atomic mass is 19.3. The maximum Gasteiger partial charge on any atom is 0.259 e. The van der Waals surface area contributed by atoms with Gasteiger partial charge >= 0.3 is 0 Å². The van der Waals surface area contributed by atoms with Gasteiger partial charge in [0.2, 0.25) is 0 Å². The summed E-state index contributed by atoms with van der Waals surface area (Å²) in [5.41, 5.74) is 0. The minimum absolute atomic E-state index is 1.07. The summed E-state index contributed by atoms with van der Waals surface area (Å²) in [6.45, 7) is 0. The van der Waals surface area contributed by atoms with Gasteiger partial charge < -0.3 is 5.32 Å². The van der Waals surface area contributed by atoms with Crippen molar-refractivity contribution >= 4 is 0 Å². The van der Waals surface area contributed by atoms with Gasteiger partial charge in [-0.25, -0.2) is 17.6 Å². The van der Waals surface area contributed by atoms with Crippen LogP contribution in [0.4, 0.5) is 17.6 Å². The van der Waals surface area contributed by atoms with Crippen LogP contribution in [-0.2, 0) is 0 Å². The SMILES string of the molecule is CNC(C(F)F)C(F)F. The van der Waals surface area contributed by atoms with Crippen molar-refractivity contribution in [3.8, 4) is 0 Å². The third kappa shape index (κ3) is 2.64. The third-order valence-corrected chi connectivity index (χ3v) is 0.876. The largest absolute Gasteiger partial charge is 0.307 e. The first-order valence-electron chi connectivity index (χ1n) is 2.33. The minimum Gasteiger partial charge on any atom is -0.307 e. The normalized spacial score (nSPS) is 12.0. The molecule has 0 fully saturated rings. The zero-order valence-electron chi connectivity index (χ0n) is 4.74. The minimum atomic E-state index is -3.00. The van der Waals surface area contributed by atoms with E-state index in [1.807, 2.05) is 0 Å². The molecule has 0 rings (SSSR count). The summed E-state index contributed by atoms with van der Waals surface area (Å²) in [7, 11) is 1.07. The predicted octanol–water partition coefficient (Wildman–Crippen LogP) is 1.10. The second kappa shape index (κ2) is 3.66. The van der Waals surface area contributed by atoms with Gasteiger partial charge in [-0.2, -0.15) is 0 Å². The maximum absolute atomic E-state index is 11.4. The highest BCUT2D eigenvalue weighted by Crippen LogP contribution is 2.08. The zero-order chi connectivity index (χ0) is 7.44. The highest BCUT2D eigenvalue weighted by Gasteiger charge is 2.27. The van der Waals surface area contributed by atoms with E-state index in [1.54, 1.807) is 5.32 Å². The molecule has 1 N–H and O–H groups in total. The van der Waals surface area contributed by atoms with Crippen molar-refractivity contribution in [2.75, 3.05) is 7.05 Å². The molecule has 0 aliphatic heterocycles. The summed E-state index contributed by atoms with van der Waals surface area (Å²) >= 11 is 0. The lowest BCUT2D eigenvalue weighted by atomic mass is 10.3. The average Bonchev–Trinajstić information content (AvgIpc) is 1.64. The van der Waals surface area contributed by atoms with Crippen LogP contribution in [0.3, 0.4) is 0 Å². The molecule has 0 amide bonds. The number of rotatable bonds is 3. The zero-order valence-corrected chi connectivity index (χ0v) is 4.74. The Bertz CT molecular complexity index is 67.0. The van der Waals surface area contributed by atoms with Gasteiger partial charge in [0.15, 0.2) is 0 Å². The summed E-state index contributed by atoms with van der Waals surface area (Å²) in [6, 6.07) is -2.00. The molecule has 0 radical (unpaired) electrons. The molecule has 0 unspecified atom stereocenters. The van der Waals surface area contributed by atoms with Gasteiger partial charge in [0.05, 0.1) is 0 Å². The van der Waals surface area contributed by atoms with Crippen LogP contribution < -0.4 is 5.32 Å². The molecule has 5 heteroatoms. The quantitative estimate of drug-likeness (QED) is 0.586. The third-order valence-electron chi connectivity index (χ3n) is 0.876. The predicted molar refractivity (Wildman–Crippen MR) is 24.9 cm³/mol. The average molecular weight is 145 g/mol. The second-order valence-corrected chi connectivity index (χ2v) is 1.48. The van der Waals surface area contributed by atoms with E-state index >= 15 is 0 Å². The van der Waals surface area contributed by atoms with Gasteiger partial charge in [0, 0.05) is 0 Å². The van der Waals surface area contributed by atoms with E-state index in [2.05, 4.69) is 0 Å². The monoisotopic (exact) mass is 145 g/mol. The van der Waals surface area contributed by atoms with Crippen LogP contribution in [0.15, 0.2) is 0 Å². The summed E-state index contributed by atoms with van der Waals surface area (Å²) < 4.78 is 45.6. The van der Waals surface area contributed by atoms with E-state index in [4.69, 9.17) is 0 Å². The molecule has 9 heavy (non-hydrogen) atoms. The molecule has 0 saturated heterocycles. The Morgan fingerprint density at radius 1 is 1.00 bits per heavy atom. The van der Waals surface area contributed by atoms with Crippen molar-refractivity contribution in [1.29, 1.82) is 0 Å². The van der Waals surface area contributed by atoms with Crippen molar-refractivity contribution < 1.29 is 17.6 Å². The van der Waals surface area contributed by atoms with E-state index in [0.29, 0.717) is 0 Å². The van der Waals surface area contributed by atoms with E-state index < -0.39 is 18.9 Å². The molecule has 56 valence electrons. The first-order valence-corrected chi connectivity index (χ1v) is 2.33. The van der Waals surface area contributed by atoms with Crippen LogP contribution in [-0.4, -0.2) is 25.9 Å². The smallest absolute Gasteiger partial charge is 0.259 e. The van der Waals surface area contributed by atoms with E-state index in [0.717, 1.165) is 7.05 Å². The molecule has 0 atom stereocenters. The van der Waals surface area contributed by atoms with Crippen LogP contribution in [0.2, 0.25) is 0 Å². The summed E-state index contributed by atoms with van der Waals surface area (Å²) in [4.78, 5) is 0. The second-order valence-electron chi connectivity index (χ2n) is 1.48. The van der Waals surface area contributed by atoms with E-state index in [9.17, 15) is 17.6 Å². The Labute approximate surface area is 50.0 Å². The molecule has 0 aromatic rings. The molecule has 0 aliphatic rings. The number of hydrogen-bond donors (Lipinski definition) is 1. The Balaban J connectivity index is 3.68. The molecule has 0 bridgehead atoms. The Morgan fingerprint density at radius 3 is 1.33 bits per heavy atom. The van der Waals surface area contributed by atoms with Crippen LogP contribution in [0.1, 0.15) is 0 Å². The van der Waals surface area contributed by atoms with Crippen molar-refractivity contribution in [2.24, 2.45) is 0 Å². The van der Waals surface area contributed by atoms with Crippen LogP contribution in [0, 0.1) is 0 Å². The lowest BCUT2D eigenvalue weighted by Gasteiger charge is -2.12. The topological polar surface area (TPSA) is 12.0 Å². The lowest BCUT2D eigenvalue weighted by Crippen LogP contribution is -2.39. The van der Waals surface area contributed by atoms with Crippen LogP contribution in [0.25, 0.3) is 0 Å². The van der Waals surface area contributed by atoms with Gasteiger partial charge in [-0.05, 0) is 7.05 Å². The van der Waals surface area contributed by atoms with Crippen molar-refractivity contribution in [3.05, 3.63) is 0 Å². The fourth-order valence-corrected chi connectivity index (χ4v) is 0.362. The molecule has 0 aromatic carbocycles. The molecule has 1 nitrogen and oxygen atoms in total. The van der Waals surface area contributed by atoms with Gasteiger partial charge in [0.25, 0.3) is 12.9 Å². The molecule has 0 aromatic heterocycles. The molecular formula is C4H7F4N. The van der Waals surface area contributed by atoms with Crippen LogP contribution >= 0.6 is 0 Å².